The topological polar surface area (TPSA) is 24.5 Å². The van der Waals surface area contributed by atoms with E-state index in [1.807, 2.05) is 0 Å². The summed E-state index contributed by atoms with van der Waals surface area (Å²) >= 11 is 0. The molecule has 0 aromatic carbocycles. The molecule has 16 heavy (non-hydrogen) atoms. The van der Waals surface area contributed by atoms with Gasteiger partial charge in [0, 0.05) is 31.8 Å². The SMILES string of the molecule is C1COCCN(C2CCC2CNC2CC2)C1. The van der Waals surface area contributed by atoms with Gasteiger partial charge in [0.2, 0.25) is 0 Å². The summed E-state index contributed by atoms with van der Waals surface area (Å²) in [5.74, 6) is 0.915. The molecule has 2 aliphatic carbocycles. The maximum absolute atomic E-state index is 5.53. The third-order valence-electron chi connectivity index (χ3n) is 4.35. The van der Waals surface area contributed by atoms with Crippen molar-refractivity contribution in [1.29, 1.82) is 0 Å². The summed E-state index contributed by atoms with van der Waals surface area (Å²) in [5, 5.41) is 3.69. The van der Waals surface area contributed by atoms with Crippen LogP contribution >= 0.6 is 0 Å². The van der Waals surface area contributed by atoms with Gasteiger partial charge >= 0.3 is 0 Å². The summed E-state index contributed by atoms with van der Waals surface area (Å²) in [6.45, 7) is 5.58. The smallest absolute Gasteiger partial charge is 0.0593 e. The molecule has 0 radical (unpaired) electrons. The summed E-state index contributed by atoms with van der Waals surface area (Å²) in [5.41, 5.74) is 0. The molecule has 1 N–H and O–H groups in total. The maximum atomic E-state index is 5.53. The van der Waals surface area contributed by atoms with Crippen molar-refractivity contribution in [2.75, 3.05) is 32.8 Å². The predicted octanol–water partition coefficient (Wildman–Crippen LogP) is 1.24. The van der Waals surface area contributed by atoms with Crippen LogP contribution in [0.25, 0.3) is 0 Å². The molecule has 0 amide bonds. The molecule has 92 valence electrons. The molecule has 2 unspecified atom stereocenters. The highest BCUT2D eigenvalue weighted by atomic mass is 16.5. The zero-order chi connectivity index (χ0) is 10.8. The number of hydrogen-bond donors (Lipinski definition) is 1. The van der Waals surface area contributed by atoms with E-state index < -0.39 is 0 Å². The van der Waals surface area contributed by atoms with Gasteiger partial charge in [-0.1, -0.05) is 0 Å². The number of nitrogens with one attached hydrogen (secondary N) is 1. The highest BCUT2D eigenvalue weighted by Crippen LogP contribution is 2.33. The molecule has 3 rings (SSSR count). The Labute approximate surface area is 98.5 Å². The molecule has 3 aliphatic rings. The lowest BCUT2D eigenvalue weighted by molar-refractivity contribution is 0.0567. The Balaban J connectivity index is 1.45. The average Bonchev–Trinajstić information content (AvgIpc) is 3.03. The molecule has 2 saturated carbocycles. The number of hydrogen-bond acceptors (Lipinski definition) is 3. The Bertz CT molecular complexity index is 222. The lowest BCUT2D eigenvalue weighted by Crippen LogP contribution is -2.51. The summed E-state index contributed by atoms with van der Waals surface area (Å²) in [6, 6.07) is 1.72. The van der Waals surface area contributed by atoms with E-state index in [-0.39, 0.29) is 0 Å². The van der Waals surface area contributed by atoms with Crippen LogP contribution in [0.15, 0.2) is 0 Å². The standard InChI is InChI=1S/C13H24N2O/c1-6-15(7-9-16-8-1)13-5-2-11(13)10-14-12-3-4-12/h11-14H,1-10H2. The largest absolute Gasteiger partial charge is 0.380 e. The molecule has 0 spiro atoms. The van der Waals surface area contributed by atoms with Crippen LogP contribution in [0.3, 0.4) is 0 Å². The molecule has 1 aliphatic heterocycles. The second-order valence-corrected chi connectivity index (χ2v) is 5.59. The van der Waals surface area contributed by atoms with Crippen LogP contribution in [0, 0.1) is 5.92 Å². The highest BCUT2D eigenvalue weighted by Gasteiger charge is 2.36. The van der Waals surface area contributed by atoms with Gasteiger partial charge in [-0.2, -0.15) is 0 Å². The van der Waals surface area contributed by atoms with Gasteiger partial charge in [-0.25, -0.2) is 0 Å². The van der Waals surface area contributed by atoms with Gasteiger partial charge in [0.05, 0.1) is 6.61 Å². The van der Waals surface area contributed by atoms with Crippen molar-refractivity contribution < 1.29 is 4.74 Å². The normalized spacial score (nSPS) is 36.8. The number of rotatable bonds is 4. The van der Waals surface area contributed by atoms with Crippen molar-refractivity contribution in [2.45, 2.75) is 44.2 Å². The van der Waals surface area contributed by atoms with Crippen LogP contribution in [-0.4, -0.2) is 49.8 Å². The minimum atomic E-state index is 0.855. The van der Waals surface area contributed by atoms with Gasteiger partial charge in [-0.3, -0.25) is 4.90 Å². The number of nitrogens with zero attached hydrogens (tertiary/aromatic N) is 1. The molecule has 0 bridgehead atoms. The summed E-state index contributed by atoms with van der Waals surface area (Å²) in [7, 11) is 0. The molecular weight excluding hydrogens is 200 g/mol. The third kappa shape index (κ3) is 2.58. The van der Waals surface area contributed by atoms with Crippen LogP contribution in [0.2, 0.25) is 0 Å². The van der Waals surface area contributed by atoms with Crippen LogP contribution in [-0.2, 0) is 4.74 Å². The highest BCUT2D eigenvalue weighted by molar-refractivity contribution is 4.92. The zero-order valence-electron chi connectivity index (χ0n) is 10.2. The van der Waals surface area contributed by atoms with Gasteiger partial charge in [0.15, 0.2) is 0 Å². The van der Waals surface area contributed by atoms with E-state index in [0.717, 1.165) is 37.8 Å². The minimum absolute atomic E-state index is 0.855. The van der Waals surface area contributed by atoms with Crippen LogP contribution in [0.4, 0.5) is 0 Å². The molecular formula is C13H24N2O. The lowest BCUT2D eigenvalue weighted by Gasteiger charge is -2.44. The fraction of sp³-hybridized carbons (Fsp3) is 1.00. The van der Waals surface area contributed by atoms with Gasteiger partial charge < -0.3 is 10.1 Å². The van der Waals surface area contributed by atoms with E-state index in [1.165, 1.54) is 45.2 Å². The van der Waals surface area contributed by atoms with Crippen molar-refractivity contribution in [1.82, 2.24) is 10.2 Å². The van der Waals surface area contributed by atoms with E-state index in [1.54, 1.807) is 0 Å². The second-order valence-electron chi connectivity index (χ2n) is 5.59. The Morgan fingerprint density at radius 2 is 2.00 bits per heavy atom. The van der Waals surface area contributed by atoms with Gasteiger partial charge in [0.25, 0.3) is 0 Å². The zero-order valence-corrected chi connectivity index (χ0v) is 10.2. The monoisotopic (exact) mass is 224 g/mol. The lowest BCUT2D eigenvalue weighted by atomic mass is 9.78. The summed E-state index contributed by atoms with van der Waals surface area (Å²) < 4.78 is 5.53. The molecule has 3 fully saturated rings. The van der Waals surface area contributed by atoms with E-state index in [4.69, 9.17) is 4.74 Å². The van der Waals surface area contributed by atoms with Crippen LogP contribution in [0.5, 0.6) is 0 Å². The van der Waals surface area contributed by atoms with Crippen molar-refractivity contribution in [3.05, 3.63) is 0 Å². The van der Waals surface area contributed by atoms with Crippen molar-refractivity contribution in [3.8, 4) is 0 Å². The van der Waals surface area contributed by atoms with E-state index >= 15 is 0 Å². The quantitative estimate of drug-likeness (QED) is 0.777. The third-order valence-corrected chi connectivity index (χ3v) is 4.35. The minimum Gasteiger partial charge on any atom is -0.380 e. The molecule has 1 heterocycles. The van der Waals surface area contributed by atoms with Gasteiger partial charge in [0.1, 0.15) is 0 Å². The van der Waals surface area contributed by atoms with Crippen molar-refractivity contribution >= 4 is 0 Å². The molecule has 2 atom stereocenters. The summed E-state index contributed by atoms with van der Waals surface area (Å²) in [4.78, 5) is 2.68. The van der Waals surface area contributed by atoms with Crippen LogP contribution in [0.1, 0.15) is 32.1 Å². The first kappa shape index (κ1) is 11.0. The molecule has 0 aromatic heterocycles. The Hall–Kier alpha value is -0.120. The Morgan fingerprint density at radius 1 is 1.06 bits per heavy atom. The molecule has 1 saturated heterocycles. The van der Waals surface area contributed by atoms with Gasteiger partial charge in [-0.15, -0.1) is 0 Å². The Morgan fingerprint density at radius 3 is 2.75 bits per heavy atom. The first-order valence-electron chi connectivity index (χ1n) is 6.98. The van der Waals surface area contributed by atoms with E-state index in [9.17, 15) is 0 Å². The summed E-state index contributed by atoms with van der Waals surface area (Å²) in [6.07, 6.45) is 6.89. The maximum Gasteiger partial charge on any atom is 0.0593 e. The average molecular weight is 224 g/mol. The Kier molecular flexibility index (Phi) is 3.46. The molecule has 3 nitrogen and oxygen atoms in total. The molecule has 3 heteroatoms. The first-order valence-corrected chi connectivity index (χ1v) is 6.98. The van der Waals surface area contributed by atoms with Crippen LogP contribution < -0.4 is 5.32 Å². The molecule has 0 aromatic rings. The fourth-order valence-corrected chi connectivity index (χ4v) is 2.97. The van der Waals surface area contributed by atoms with E-state index in [0.29, 0.717) is 0 Å². The van der Waals surface area contributed by atoms with E-state index in [2.05, 4.69) is 10.2 Å². The van der Waals surface area contributed by atoms with Crippen molar-refractivity contribution in [2.24, 2.45) is 5.92 Å². The predicted molar refractivity (Wildman–Crippen MR) is 64.5 cm³/mol. The second kappa shape index (κ2) is 5.03. The van der Waals surface area contributed by atoms with Crippen molar-refractivity contribution in [3.63, 3.8) is 0 Å². The fourth-order valence-electron chi connectivity index (χ4n) is 2.97. The number of ether oxygens (including phenoxy) is 1. The van der Waals surface area contributed by atoms with Gasteiger partial charge in [-0.05, 0) is 44.6 Å². The first-order chi connectivity index (χ1) is 7.93.